The normalized spacial score (nSPS) is 13.9. The zero-order valence-corrected chi connectivity index (χ0v) is 22.0. The Balaban J connectivity index is 1.47. The molecule has 1 aliphatic rings. The quantitative estimate of drug-likeness (QED) is 0.266. The van der Waals surface area contributed by atoms with Crippen molar-refractivity contribution in [2.24, 2.45) is 0 Å². The fourth-order valence-electron chi connectivity index (χ4n) is 5.49. The molecule has 7 heteroatoms. The number of hydrogen-bond donors (Lipinski definition) is 2. The van der Waals surface area contributed by atoms with Crippen molar-refractivity contribution in [3.8, 4) is 11.4 Å². The zero-order valence-electron chi connectivity index (χ0n) is 22.0. The number of imidazole rings is 1. The van der Waals surface area contributed by atoms with Gasteiger partial charge >= 0.3 is 5.97 Å². The molecule has 0 bridgehead atoms. The van der Waals surface area contributed by atoms with Crippen LogP contribution in [0.4, 0.5) is 11.4 Å². The van der Waals surface area contributed by atoms with Gasteiger partial charge in [0.15, 0.2) is 0 Å². The summed E-state index contributed by atoms with van der Waals surface area (Å²) in [5, 5.41) is 12.5. The van der Waals surface area contributed by atoms with Gasteiger partial charge in [-0.25, -0.2) is 9.78 Å². The maximum atomic E-state index is 13.2. The molecule has 1 saturated carbocycles. The Hall–Kier alpha value is -4.13. The van der Waals surface area contributed by atoms with Gasteiger partial charge in [-0.05, 0) is 81.3 Å². The van der Waals surface area contributed by atoms with Crippen LogP contribution in [0.15, 0.2) is 66.7 Å². The van der Waals surface area contributed by atoms with E-state index in [0.717, 1.165) is 67.1 Å². The van der Waals surface area contributed by atoms with Crippen LogP contribution < -0.4 is 10.2 Å². The van der Waals surface area contributed by atoms with Crippen LogP contribution in [-0.4, -0.2) is 39.6 Å². The van der Waals surface area contributed by atoms with E-state index in [1.54, 1.807) is 18.2 Å². The van der Waals surface area contributed by atoms with Crippen LogP contribution in [0.2, 0.25) is 0 Å². The molecule has 0 aliphatic heterocycles. The van der Waals surface area contributed by atoms with Crippen LogP contribution in [0.5, 0.6) is 0 Å². The molecular weight excluding hydrogens is 476 g/mol. The topological polar surface area (TPSA) is 87.5 Å². The largest absolute Gasteiger partial charge is 0.478 e. The van der Waals surface area contributed by atoms with Crippen molar-refractivity contribution in [3.63, 3.8) is 0 Å². The minimum atomic E-state index is -0.968. The van der Waals surface area contributed by atoms with Crippen molar-refractivity contribution in [2.75, 3.05) is 23.3 Å². The zero-order chi connectivity index (χ0) is 26.6. The third-order valence-corrected chi connectivity index (χ3v) is 7.51. The highest BCUT2D eigenvalue weighted by Crippen LogP contribution is 2.36. The van der Waals surface area contributed by atoms with Crippen LogP contribution in [0.25, 0.3) is 22.4 Å². The maximum Gasteiger partial charge on any atom is 0.335 e. The van der Waals surface area contributed by atoms with Crippen molar-refractivity contribution >= 4 is 34.3 Å². The van der Waals surface area contributed by atoms with Gasteiger partial charge in [-0.15, -0.1) is 0 Å². The van der Waals surface area contributed by atoms with Crippen LogP contribution >= 0.6 is 0 Å². The standard InChI is InChI=1S/C31H34N4O3/c1-3-34(4-2)25-16-14-24(15-17-25)32-30(36)22-10-8-9-21(19-22)29-33-27-20-23(31(37)38)13-18-28(27)35(29)26-11-6-5-7-12-26/h8-10,13-20,26H,3-7,11-12H2,1-2H3,(H,32,36)(H,37,38). The van der Waals surface area contributed by atoms with Gasteiger partial charge in [-0.3, -0.25) is 4.79 Å². The van der Waals surface area contributed by atoms with Crippen LogP contribution in [0.1, 0.15) is 72.7 Å². The number of rotatable bonds is 8. The molecule has 1 heterocycles. The molecule has 1 aromatic heterocycles. The minimum absolute atomic E-state index is 0.184. The van der Waals surface area contributed by atoms with E-state index in [-0.39, 0.29) is 11.5 Å². The lowest BCUT2D eigenvalue weighted by molar-refractivity contribution is 0.0696. The number of amides is 1. The number of carboxylic acids is 1. The number of carboxylic acid groups (broad SMARTS) is 1. The lowest BCUT2D eigenvalue weighted by Crippen LogP contribution is -2.21. The lowest BCUT2D eigenvalue weighted by atomic mass is 9.94. The molecule has 38 heavy (non-hydrogen) atoms. The number of benzene rings is 3. The van der Waals surface area contributed by atoms with E-state index in [0.29, 0.717) is 17.1 Å². The highest BCUT2D eigenvalue weighted by atomic mass is 16.4. The average molecular weight is 511 g/mol. The van der Waals surface area contributed by atoms with Crippen LogP contribution in [-0.2, 0) is 0 Å². The first-order valence-electron chi connectivity index (χ1n) is 13.5. The molecule has 0 radical (unpaired) electrons. The number of aromatic nitrogens is 2. The van der Waals surface area contributed by atoms with Gasteiger partial charge in [0.05, 0.1) is 16.6 Å². The molecule has 0 atom stereocenters. The maximum absolute atomic E-state index is 13.2. The van der Waals surface area contributed by atoms with Crippen molar-refractivity contribution in [3.05, 3.63) is 77.9 Å². The molecule has 0 spiro atoms. The fourth-order valence-corrected chi connectivity index (χ4v) is 5.49. The summed E-state index contributed by atoms with van der Waals surface area (Å²) in [5.74, 6) is -0.381. The lowest BCUT2D eigenvalue weighted by Gasteiger charge is -2.25. The predicted octanol–water partition coefficient (Wildman–Crippen LogP) is 7.01. The number of carbonyl (C=O) groups is 2. The molecular formula is C31H34N4O3. The Morgan fingerprint density at radius 3 is 2.37 bits per heavy atom. The molecule has 3 aromatic carbocycles. The number of anilines is 2. The van der Waals surface area contributed by atoms with E-state index in [9.17, 15) is 14.7 Å². The van der Waals surface area contributed by atoms with E-state index in [2.05, 4.69) is 28.6 Å². The third kappa shape index (κ3) is 5.14. The highest BCUT2D eigenvalue weighted by Gasteiger charge is 2.23. The van der Waals surface area contributed by atoms with Gasteiger partial charge < -0.3 is 19.9 Å². The van der Waals surface area contributed by atoms with Gasteiger partial charge in [-0.2, -0.15) is 0 Å². The highest BCUT2D eigenvalue weighted by molar-refractivity contribution is 6.05. The number of hydrogen-bond acceptors (Lipinski definition) is 4. The summed E-state index contributed by atoms with van der Waals surface area (Å²) >= 11 is 0. The second-order valence-electron chi connectivity index (χ2n) is 9.86. The van der Waals surface area contributed by atoms with E-state index in [1.165, 1.54) is 6.42 Å². The molecule has 1 aliphatic carbocycles. The first kappa shape index (κ1) is 25.5. The van der Waals surface area contributed by atoms with Gasteiger partial charge in [0.25, 0.3) is 5.91 Å². The van der Waals surface area contributed by atoms with Crippen molar-refractivity contribution in [1.29, 1.82) is 0 Å². The average Bonchev–Trinajstić information content (AvgIpc) is 3.34. The summed E-state index contributed by atoms with van der Waals surface area (Å²) in [6.45, 7) is 6.11. The minimum Gasteiger partial charge on any atom is -0.478 e. The van der Waals surface area contributed by atoms with Gasteiger partial charge in [-0.1, -0.05) is 31.4 Å². The molecule has 7 nitrogen and oxygen atoms in total. The summed E-state index contributed by atoms with van der Waals surface area (Å²) in [7, 11) is 0. The Morgan fingerprint density at radius 2 is 1.68 bits per heavy atom. The second-order valence-corrected chi connectivity index (χ2v) is 9.86. The number of fused-ring (bicyclic) bond motifs is 1. The molecule has 5 rings (SSSR count). The summed E-state index contributed by atoms with van der Waals surface area (Å²) in [6, 6.07) is 20.9. The van der Waals surface area contributed by atoms with E-state index < -0.39 is 5.97 Å². The Bertz CT molecular complexity index is 1450. The van der Waals surface area contributed by atoms with Gasteiger partial charge in [0.1, 0.15) is 5.82 Å². The van der Waals surface area contributed by atoms with E-state index in [4.69, 9.17) is 4.98 Å². The molecule has 2 N–H and O–H groups in total. The summed E-state index contributed by atoms with van der Waals surface area (Å²) < 4.78 is 2.25. The smallest absolute Gasteiger partial charge is 0.335 e. The predicted molar refractivity (Wildman–Crippen MR) is 152 cm³/mol. The van der Waals surface area contributed by atoms with Crippen molar-refractivity contribution < 1.29 is 14.7 Å². The Kier molecular flexibility index (Phi) is 7.45. The van der Waals surface area contributed by atoms with Crippen molar-refractivity contribution in [2.45, 2.75) is 52.0 Å². The second kappa shape index (κ2) is 11.1. The van der Waals surface area contributed by atoms with Crippen LogP contribution in [0.3, 0.4) is 0 Å². The number of nitrogens with zero attached hydrogens (tertiary/aromatic N) is 3. The van der Waals surface area contributed by atoms with E-state index >= 15 is 0 Å². The van der Waals surface area contributed by atoms with Gasteiger partial charge in [0, 0.05) is 41.6 Å². The molecule has 4 aromatic rings. The SMILES string of the molecule is CCN(CC)c1ccc(NC(=O)c2cccc(-c3nc4cc(C(=O)O)ccc4n3C3CCCCC3)c2)cc1. The van der Waals surface area contributed by atoms with Crippen molar-refractivity contribution in [1.82, 2.24) is 9.55 Å². The Morgan fingerprint density at radius 1 is 0.947 bits per heavy atom. The summed E-state index contributed by atoms with van der Waals surface area (Å²) in [4.78, 5) is 31.9. The summed E-state index contributed by atoms with van der Waals surface area (Å²) in [6.07, 6.45) is 5.66. The first-order valence-corrected chi connectivity index (χ1v) is 13.5. The van der Waals surface area contributed by atoms with Gasteiger partial charge in [0.2, 0.25) is 0 Å². The first-order chi connectivity index (χ1) is 18.5. The van der Waals surface area contributed by atoms with E-state index in [1.807, 2.05) is 48.5 Å². The van der Waals surface area contributed by atoms with Crippen LogP contribution in [0, 0.1) is 0 Å². The fraction of sp³-hybridized carbons (Fsp3) is 0.323. The molecule has 0 unspecified atom stereocenters. The molecule has 1 fully saturated rings. The third-order valence-electron chi connectivity index (χ3n) is 7.51. The molecule has 196 valence electrons. The monoisotopic (exact) mass is 510 g/mol. The number of aromatic carboxylic acids is 1. The number of nitrogens with one attached hydrogen (secondary N) is 1. The molecule has 0 saturated heterocycles. The molecule has 1 amide bonds. The summed E-state index contributed by atoms with van der Waals surface area (Å²) in [5.41, 5.74) is 5.07. The number of carbonyl (C=O) groups excluding carboxylic acids is 1. The Labute approximate surface area is 223 Å².